The van der Waals surface area contributed by atoms with Crippen molar-refractivity contribution < 1.29 is 14.3 Å². The van der Waals surface area contributed by atoms with Crippen molar-refractivity contribution in [1.82, 2.24) is 5.32 Å². The molecule has 0 atom stereocenters. The van der Waals surface area contributed by atoms with E-state index in [-0.39, 0.29) is 18.4 Å². The predicted octanol–water partition coefficient (Wildman–Crippen LogP) is 5.09. The quantitative estimate of drug-likeness (QED) is 0.384. The summed E-state index contributed by atoms with van der Waals surface area (Å²) in [6.07, 6.45) is 1.01. The second-order valence-corrected chi connectivity index (χ2v) is 8.20. The topological polar surface area (TPSA) is 79.5 Å². The van der Waals surface area contributed by atoms with Crippen LogP contribution in [0.2, 0.25) is 0 Å². The van der Waals surface area contributed by atoms with Gasteiger partial charge >= 0.3 is 0 Å². The third-order valence-electron chi connectivity index (χ3n) is 5.00. The number of benzene rings is 3. The lowest BCUT2D eigenvalue weighted by Gasteiger charge is -2.11. The van der Waals surface area contributed by atoms with Crippen molar-refractivity contribution in [2.24, 2.45) is 5.92 Å². The van der Waals surface area contributed by atoms with E-state index in [1.165, 1.54) is 0 Å². The summed E-state index contributed by atoms with van der Waals surface area (Å²) in [5.41, 5.74) is 3.05. The Hall–Kier alpha value is -3.80. The van der Waals surface area contributed by atoms with E-state index in [1.54, 1.807) is 24.3 Å². The van der Waals surface area contributed by atoms with Crippen LogP contribution in [0.3, 0.4) is 0 Å². The SMILES string of the molecule is CC(C)CCOc1ccc(NCC(=O)Nc2ccc(C(=O)NCc3ccccc3)cc2)cc1. The Kier molecular flexibility index (Phi) is 8.88. The molecular weight excluding hydrogens is 414 g/mol. The molecule has 0 aliphatic rings. The standard InChI is InChI=1S/C27H31N3O3/c1-20(2)16-17-33-25-14-12-23(13-15-25)28-19-26(31)30-24-10-8-22(9-11-24)27(32)29-18-21-6-4-3-5-7-21/h3-15,20,28H,16-19H2,1-2H3,(H,29,32)(H,30,31). The maximum atomic E-state index is 12.3. The molecule has 33 heavy (non-hydrogen) atoms. The Labute approximate surface area is 195 Å². The highest BCUT2D eigenvalue weighted by molar-refractivity contribution is 5.96. The van der Waals surface area contributed by atoms with E-state index in [9.17, 15) is 9.59 Å². The van der Waals surface area contributed by atoms with E-state index in [0.717, 1.165) is 23.4 Å². The lowest BCUT2D eigenvalue weighted by Crippen LogP contribution is -2.23. The van der Waals surface area contributed by atoms with Gasteiger partial charge in [0.05, 0.1) is 13.2 Å². The zero-order chi connectivity index (χ0) is 23.5. The van der Waals surface area contributed by atoms with Crippen molar-refractivity contribution in [3.63, 3.8) is 0 Å². The summed E-state index contributed by atoms with van der Waals surface area (Å²) in [6.45, 7) is 5.63. The Morgan fingerprint density at radius 2 is 1.52 bits per heavy atom. The summed E-state index contributed by atoms with van der Waals surface area (Å²) < 4.78 is 5.71. The maximum absolute atomic E-state index is 12.3. The van der Waals surface area contributed by atoms with E-state index in [4.69, 9.17) is 4.74 Å². The third-order valence-corrected chi connectivity index (χ3v) is 5.00. The highest BCUT2D eigenvalue weighted by Crippen LogP contribution is 2.16. The van der Waals surface area contributed by atoms with Crippen molar-refractivity contribution >= 4 is 23.2 Å². The molecule has 3 rings (SSSR count). The van der Waals surface area contributed by atoms with E-state index in [2.05, 4.69) is 29.8 Å². The first-order valence-corrected chi connectivity index (χ1v) is 11.2. The molecule has 0 radical (unpaired) electrons. The minimum atomic E-state index is -0.173. The van der Waals surface area contributed by atoms with Gasteiger partial charge in [-0.25, -0.2) is 0 Å². The fourth-order valence-electron chi connectivity index (χ4n) is 3.05. The first-order chi connectivity index (χ1) is 16.0. The van der Waals surface area contributed by atoms with E-state index >= 15 is 0 Å². The largest absolute Gasteiger partial charge is 0.494 e. The number of hydrogen-bond acceptors (Lipinski definition) is 4. The van der Waals surface area contributed by atoms with Crippen molar-refractivity contribution in [3.8, 4) is 5.75 Å². The lowest BCUT2D eigenvalue weighted by atomic mass is 10.1. The number of nitrogens with one attached hydrogen (secondary N) is 3. The minimum Gasteiger partial charge on any atom is -0.494 e. The van der Waals surface area contributed by atoms with Crippen LogP contribution in [0.15, 0.2) is 78.9 Å². The van der Waals surface area contributed by atoms with Crippen molar-refractivity contribution in [2.75, 3.05) is 23.8 Å². The van der Waals surface area contributed by atoms with Crippen LogP contribution in [0, 0.1) is 5.92 Å². The average molecular weight is 446 g/mol. The summed E-state index contributed by atoms with van der Waals surface area (Å²) in [5, 5.41) is 8.81. The van der Waals surface area contributed by atoms with Crippen molar-refractivity contribution in [1.29, 1.82) is 0 Å². The molecule has 0 fully saturated rings. The van der Waals surface area contributed by atoms with Crippen LogP contribution in [-0.2, 0) is 11.3 Å². The first-order valence-electron chi connectivity index (χ1n) is 11.2. The van der Waals surface area contributed by atoms with Crippen LogP contribution in [0.4, 0.5) is 11.4 Å². The van der Waals surface area contributed by atoms with Gasteiger partial charge in [0.25, 0.3) is 5.91 Å². The molecule has 0 aromatic heterocycles. The van der Waals surface area contributed by atoms with Gasteiger partial charge < -0.3 is 20.7 Å². The zero-order valence-electron chi connectivity index (χ0n) is 19.1. The van der Waals surface area contributed by atoms with Gasteiger partial charge in [0.1, 0.15) is 5.75 Å². The lowest BCUT2D eigenvalue weighted by molar-refractivity contribution is -0.114. The number of rotatable bonds is 11. The third kappa shape index (κ3) is 8.33. The molecule has 0 aliphatic heterocycles. The molecular formula is C27H31N3O3. The van der Waals surface area contributed by atoms with Gasteiger partial charge in [0.15, 0.2) is 0 Å². The van der Waals surface area contributed by atoms with Crippen molar-refractivity contribution in [3.05, 3.63) is 90.0 Å². The highest BCUT2D eigenvalue weighted by Gasteiger charge is 2.07. The summed E-state index contributed by atoms with van der Waals surface area (Å²) >= 11 is 0. The molecule has 3 N–H and O–H groups in total. The number of ether oxygens (including phenoxy) is 1. The highest BCUT2D eigenvalue weighted by atomic mass is 16.5. The molecule has 3 aromatic rings. The Morgan fingerprint density at radius 1 is 0.848 bits per heavy atom. The van der Waals surface area contributed by atoms with E-state index in [0.29, 0.717) is 30.3 Å². The van der Waals surface area contributed by atoms with Crippen LogP contribution in [-0.4, -0.2) is 25.0 Å². The minimum absolute atomic E-state index is 0.132. The molecule has 172 valence electrons. The Morgan fingerprint density at radius 3 is 2.18 bits per heavy atom. The van der Waals surface area contributed by atoms with Gasteiger partial charge in [0, 0.05) is 23.5 Å². The molecule has 6 nitrogen and oxygen atoms in total. The summed E-state index contributed by atoms with van der Waals surface area (Å²) in [6, 6.07) is 24.1. The number of carbonyl (C=O) groups is 2. The average Bonchev–Trinajstić information content (AvgIpc) is 2.83. The van der Waals surface area contributed by atoms with Gasteiger partial charge in [-0.05, 0) is 66.4 Å². The molecule has 0 saturated carbocycles. The summed E-state index contributed by atoms with van der Waals surface area (Å²) in [7, 11) is 0. The fraction of sp³-hybridized carbons (Fsp3) is 0.259. The van der Waals surface area contributed by atoms with E-state index in [1.807, 2.05) is 54.6 Å². The molecule has 0 bridgehead atoms. The van der Waals surface area contributed by atoms with Crippen LogP contribution in [0.25, 0.3) is 0 Å². The van der Waals surface area contributed by atoms with Gasteiger partial charge in [-0.1, -0.05) is 44.2 Å². The number of carbonyl (C=O) groups excluding carboxylic acids is 2. The number of anilines is 2. The van der Waals surface area contributed by atoms with Gasteiger partial charge in [-0.2, -0.15) is 0 Å². The molecule has 6 heteroatoms. The summed E-state index contributed by atoms with van der Waals surface area (Å²) in [4.78, 5) is 24.6. The van der Waals surface area contributed by atoms with E-state index < -0.39 is 0 Å². The summed E-state index contributed by atoms with van der Waals surface area (Å²) in [5.74, 6) is 1.10. The monoisotopic (exact) mass is 445 g/mol. The molecule has 0 spiro atoms. The van der Waals surface area contributed by atoms with Crippen LogP contribution < -0.4 is 20.7 Å². The molecule has 0 heterocycles. The molecule has 0 unspecified atom stereocenters. The fourth-order valence-corrected chi connectivity index (χ4v) is 3.05. The normalized spacial score (nSPS) is 10.5. The molecule has 0 saturated heterocycles. The second kappa shape index (κ2) is 12.3. The predicted molar refractivity (Wildman–Crippen MR) is 133 cm³/mol. The molecule has 3 aromatic carbocycles. The Balaban J connectivity index is 1.40. The zero-order valence-corrected chi connectivity index (χ0v) is 19.1. The smallest absolute Gasteiger partial charge is 0.251 e. The van der Waals surface area contributed by atoms with Crippen LogP contribution >= 0.6 is 0 Å². The maximum Gasteiger partial charge on any atom is 0.251 e. The van der Waals surface area contributed by atoms with Gasteiger partial charge in [-0.15, -0.1) is 0 Å². The van der Waals surface area contributed by atoms with Crippen molar-refractivity contribution in [2.45, 2.75) is 26.8 Å². The van der Waals surface area contributed by atoms with Crippen LogP contribution in [0.1, 0.15) is 36.2 Å². The second-order valence-electron chi connectivity index (χ2n) is 8.20. The van der Waals surface area contributed by atoms with Gasteiger partial charge in [0.2, 0.25) is 5.91 Å². The number of hydrogen-bond donors (Lipinski definition) is 3. The first kappa shape index (κ1) is 23.9. The molecule has 2 amide bonds. The molecule has 0 aliphatic carbocycles. The van der Waals surface area contributed by atoms with Crippen LogP contribution in [0.5, 0.6) is 5.75 Å². The van der Waals surface area contributed by atoms with Gasteiger partial charge in [-0.3, -0.25) is 9.59 Å². The number of amides is 2. The Bertz CT molecular complexity index is 1020.